The first-order valence-electron chi connectivity index (χ1n) is 8.60. The highest BCUT2D eigenvalue weighted by atomic mass is 16.7. The van der Waals surface area contributed by atoms with Gasteiger partial charge in [-0.05, 0) is 58.1 Å². The van der Waals surface area contributed by atoms with Gasteiger partial charge in [-0.1, -0.05) is 25.0 Å². The number of hydrogen-bond acceptors (Lipinski definition) is 3. The van der Waals surface area contributed by atoms with Crippen molar-refractivity contribution in [1.82, 2.24) is 0 Å². The summed E-state index contributed by atoms with van der Waals surface area (Å²) in [5.41, 5.74) is 1.86. The molecule has 120 valence electrons. The highest BCUT2D eigenvalue weighted by Crippen LogP contribution is 2.36. The van der Waals surface area contributed by atoms with E-state index in [9.17, 15) is 0 Å². The van der Waals surface area contributed by atoms with E-state index in [4.69, 9.17) is 9.31 Å². The Labute approximate surface area is 135 Å². The monoisotopic (exact) mass is 301 g/mol. The molecule has 0 unspecified atom stereocenters. The number of anilines is 1. The highest BCUT2D eigenvalue weighted by molar-refractivity contribution is 6.62. The number of nitrogens with zero attached hydrogens (tertiary/aromatic N) is 1. The molecular weight excluding hydrogens is 273 g/mol. The van der Waals surface area contributed by atoms with Crippen LogP contribution in [0.4, 0.5) is 5.69 Å². The first kappa shape index (κ1) is 15.9. The van der Waals surface area contributed by atoms with Crippen molar-refractivity contribution < 1.29 is 9.31 Å². The van der Waals surface area contributed by atoms with Gasteiger partial charge in [-0.15, -0.1) is 0 Å². The lowest BCUT2D eigenvalue weighted by atomic mass is 9.79. The van der Waals surface area contributed by atoms with E-state index < -0.39 is 0 Å². The van der Waals surface area contributed by atoms with Crippen molar-refractivity contribution in [1.29, 1.82) is 0 Å². The maximum atomic E-state index is 6.18. The lowest BCUT2D eigenvalue weighted by Gasteiger charge is -2.32. The van der Waals surface area contributed by atoms with E-state index in [2.05, 4.69) is 56.9 Å². The van der Waals surface area contributed by atoms with Crippen LogP contribution in [0.25, 0.3) is 0 Å². The molecule has 2 aliphatic heterocycles. The van der Waals surface area contributed by atoms with Crippen molar-refractivity contribution in [3.8, 4) is 0 Å². The minimum Gasteiger partial charge on any atom is -0.399 e. The fourth-order valence-electron chi connectivity index (χ4n) is 3.18. The second-order valence-electron chi connectivity index (χ2n) is 7.58. The quantitative estimate of drug-likeness (QED) is 0.782. The Morgan fingerprint density at radius 2 is 1.50 bits per heavy atom. The Bertz CT molecular complexity index is 506. The van der Waals surface area contributed by atoms with Crippen LogP contribution in [-0.4, -0.2) is 31.4 Å². The summed E-state index contributed by atoms with van der Waals surface area (Å²) in [5.74, 6) is 0. The molecule has 2 heterocycles. The molecule has 1 aromatic carbocycles. The van der Waals surface area contributed by atoms with E-state index in [1.165, 1.54) is 31.4 Å². The van der Waals surface area contributed by atoms with Crippen molar-refractivity contribution in [2.75, 3.05) is 18.0 Å². The molecule has 2 aliphatic rings. The Hall–Kier alpha value is -0.995. The summed E-state index contributed by atoms with van der Waals surface area (Å²) >= 11 is 0. The Morgan fingerprint density at radius 3 is 2.09 bits per heavy atom. The largest absolute Gasteiger partial charge is 0.494 e. The average molecular weight is 301 g/mol. The van der Waals surface area contributed by atoms with Gasteiger partial charge in [0, 0.05) is 18.8 Å². The lowest BCUT2D eigenvalue weighted by molar-refractivity contribution is 0.00578. The first-order valence-corrected chi connectivity index (χ1v) is 8.60. The third-order valence-electron chi connectivity index (χ3n) is 5.37. The van der Waals surface area contributed by atoms with Crippen LogP contribution >= 0.6 is 0 Å². The van der Waals surface area contributed by atoms with Crippen LogP contribution in [0.1, 0.15) is 53.4 Å². The minimum absolute atomic E-state index is 0.267. The molecule has 4 heteroatoms. The smallest absolute Gasteiger partial charge is 0.399 e. The number of hydrogen-bond donors (Lipinski definition) is 0. The standard InChI is InChI=1S/C18H28BNO2/c1-17(2)18(3,4)22-19(21-17)15-10-9-11-16(14-15)20-12-7-5-6-8-13-20/h9-11,14H,5-8,12-13H2,1-4H3. The zero-order chi connectivity index (χ0) is 15.8. The van der Waals surface area contributed by atoms with E-state index >= 15 is 0 Å². The molecule has 0 atom stereocenters. The van der Waals surface area contributed by atoms with Crippen molar-refractivity contribution in [3.05, 3.63) is 24.3 Å². The van der Waals surface area contributed by atoms with Gasteiger partial charge in [0.25, 0.3) is 0 Å². The van der Waals surface area contributed by atoms with Crippen LogP contribution in [0.2, 0.25) is 0 Å². The predicted octanol–water partition coefficient (Wildman–Crippen LogP) is 3.37. The molecule has 0 bridgehead atoms. The van der Waals surface area contributed by atoms with Gasteiger partial charge >= 0.3 is 7.12 Å². The topological polar surface area (TPSA) is 21.7 Å². The molecule has 2 fully saturated rings. The van der Waals surface area contributed by atoms with E-state index in [1.54, 1.807) is 0 Å². The summed E-state index contributed by atoms with van der Waals surface area (Å²) < 4.78 is 12.4. The third-order valence-corrected chi connectivity index (χ3v) is 5.37. The summed E-state index contributed by atoms with van der Waals surface area (Å²) in [5, 5.41) is 0. The van der Waals surface area contributed by atoms with Gasteiger partial charge in [-0.25, -0.2) is 0 Å². The first-order chi connectivity index (χ1) is 10.4. The third kappa shape index (κ3) is 3.04. The minimum atomic E-state index is -0.281. The normalized spacial score (nSPS) is 24.4. The maximum absolute atomic E-state index is 6.18. The molecule has 0 saturated carbocycles. The molecule has 0 amide bonds. The van der Waals surface area contributed by atoms with E-state index in [0.29, 0.717) is 0 Å². The second kappa shape index (κ2) is 5.90. The van der Waals surface area contributed by atoms with Crippen molar-refractivity contribution >= 4 is 18.3 Å². The number of rotatable bonds is 2. The van der Waals surface area contributed by atoms with Crippen LogP contribution < -0.4 is 10.4 Å². The molecule has 0 spiro atoms. The van der Waals surface area contributed by atoms with Crippen LogP contribution in [0.5, 0.6) is 0 Å². The van der Waals surface area contributed by atoms with Crippen molar-refractivity contribution in [2.24, 2.45) is 0 Å². The van der Waals surface area contributed by atoms with Gasteiger partial charge in [0.15, 0.2) is 0 Å². The van der Waals surface area contributed by atoms with Crippen molar-refractivity contribution in [2.45, 2.75) is 64.6 Å². The summed E-state index contributed by atoms with van der Waals surface area (Å²) in [7, 11) is -0.267. The van der Waals surface area contributed by atoms with E-state index in [-0.39, 0.29) is 18.3 Å². The fourth-order valence-corrected chi connectivity index (χ4v) is 3.18. The zero-order valence-corrected chi connectivity index (χ0v) is 14.4. The summed E-state index contributed by atoms with van der Waals surface area (Å²) in [4.78, 5) is 2.50. The summed E-state index contributed by atoms with van der Waals surface area (Å²) in [6, 6.07) is 8.69. The van der Waals surface area contributed by atoms with Gasteiger partial charge in [0.05, 0.1) is 11.2 Å². The van der Waals surface area contributed by atoms with Crippen LogP contribution in [-0.2, 0) is 9.31 Å². The van der Waals surface area contributed by atoms with Gasteiger partial charge in [0.1, 0.15) is 0 Å². The Balaban J connectivity index is 1.80. The molecule has 1 aromatic rings. The molecule has 3 nitrogen and oxygen atoms in total. The molecule has 22 heavy (non-hydrogen) atoms. The molecule has 0 aliphatic carbocycles. The Morgan fingerprint density at radius 1 is 0.909 bits per heavy atom. The van der Waals surface area contributed by atoms with E-state index in [0.717, 1.165) is 18.6 Å². The summed E-state index contributed by atoms with van der Waals surface area (Å²) in [6.45, 7) is 10.7. The molecule has 0 radical (unpaired) electrons. The van der Waals surface area contributed by atoms with Crippen LogP contribution in [0.15, 0.2) is 24.3 Å². The van der Waals surface area contributed by atoms with Gasteiger partial charge in [-0.3, -0.25) is 0 Å². The highest BCUT2D eigenvalue weighted by Gasteiger charge is 2.51. The van der Waals surface area contributed by atoms with Gasteiger partial charge < -0.3 is 14.2 Å². The number of benzene rings is 1. The fraction of sp³-hybridized carbons (Fsp3) is 0.667. The average Bonchev–Trinajstić information content (AvgIpc) is 2.67. The summed E-state index contributed by atoms with van der Waals surface area (Å²) in [6.07, 6.45) is 5.29. The molecular formula is C18H28BNO2. The van der Waals surface area contributed by atoms with Crippen molar-refractivity contribution in [3.63, 3.8) is 0 Å². The lowest BCUT2D eigenvalue weighted by Crippen LogP contribution is -2.41. The van der Waals surface area contributed by atoms with E-state index in [1.807, 2.05) is 0 Å². The molecule has 3 rings (SSSR count). The molecule has 0 N–H and O–H groups in total. The zero-order valence-electron chi connectivity index (χ0n) is 14.4. The Kier molecular flexibility index (Phi) is 4.26. The predicted molar refractivity (Wildman–Crippen MR) is 92.8 cm³/mol. The van der Waals surface area contributed by atoms with Gasteiger partial charge in [-0.2, -0.15) is 0 Å². The SMILES string of the molecule is CC1(C)OB(c2cccc(N3CCCCCC3)c2)OC1(C)C. The molecule has 0 aromatic heterocycles. The second-order valence-corrected chi connectivity index (χ2v) is 7.58. The van der Waals surface area contributed by atoms with Crippen LogP contribution in [0, 0.1) is 0 Å². The van der Waals surface area contributed by atoms with Gasteiger partial charge in [0.2, 0.25) is 0 Å². The van der Waals surface area contributed by atoms with Crippen LogP contribution in [0.3, 0.4) is 0 Å². The maximum Gasteiger partial charge on any atom is 0.494 e. The molecule has 2 saturated heterocycles.